The number of ether oxygens (including phenoxy) is 1. The Kier molecular flexibility index (Phi) is 3.72. The zero-order valence-electron chi connectivity index (χ0n) is 14.0. The third-order valence-electron chi connectivity index (χ3n) is 5.31. The number of carbonyl (C=O) groups excluding carboxylic acids is 2. The molecule has 0 radical (unpaired) electrons. The maximum absolute atomic E-state index is 12.8. The minimum absolute atomic E-state index is 0.134. The highest BCUT2D eigenvalue weighted by Gasteiger charge is 2.46. The fourth-order valence-electron chi connectivity index (χ4n) is 4.20. The Morgan fingerprint density at radius 2 is 2.08 bits per heavy atom. The van der Waals surface area contributed by atoms with Crippen molar-refractivity contribution < 1.29 is 14.3 Å². The van der Waals surface area contributed by atoms with Gasteiger partial charge in [0.25, 0.3) is 0 Å². The van der Waals surface area contributed by atoms with Crippen molar-refractivity contribution in [2.75, 3.05) is 44.7 Å². The molecule has 2 saturated heterocycles. The zero-order chi connectivity index (χ0) is 16.7. The number of piperidine rings is 1. The van der Waals surface area contributed by atoms with Gasteiger partial charge >= 0.3 is 6.09 Å². The smallest absolute Gasteiger partial charge is 0.410 e. The Morgan fingerprint density at radius 1 is 1.25 bits per heavy atom. The minimum Gasteiger partial charge on any atom is -0.440 e. The first kappa shape index (κ1) is 15.4. The quantitative estimate of drug-likeness (QED) is 0.825. The van der Waals surface area contributed by atoms with E-state index in [2.05, 4.69) is 11.0 Å². The second kappa shape index (κ2) is 5.77. The molecule has 0 saturated carbocycles. The predicted molar refractivity (Wildman–Crippen MR) is 90.0 cm³/mol. The molecule has 128 valence electrons. The van der Waals surface area contributed by atoms with E-state index in [1.54, 1.807) is 11.9 Å². The lowest BCUT2D eigenvalue weighted by Gasteiger charge is -2.38. The molecule has 1 spiro atoms. The Morgan fingerprint density at radius 3 is 2.88 bits per heavy atom. The zero-order valence-corrected chi connectivity index (χ0v) is 14.0. The maximum Gasteiger partial charge on any atom is 0.410 e. The summed E-state index contributed by atoms with van der Waals surface area (Å²) in [6, 6.07) is 8.11. The molecule has 4 rings (SSSR count). The SMILES string of the molecule is CN1CC2(CCCN(CC(=O)N3CCc4ccccc43)C2)OC1=O. The van der Waals surface area contributed by atoms with Gasteiger partial charge in [-0.2, -0.15) is 0 Å². The van der Waals surface area contributed by atoms with Crippen LogP contribution in [-0.2, 0) is 16.0 Å². The first-order valence-electron chi connectivity index (χ1n) is 8.61. The summed E-state index contributed by atoms with van der Waals surface area (Å²) in [5.74, 6) is 0.134. The van der Waals surface area contributed by atoms with E-state index in [-0.39, 0.29) is 12.0 Å². The molecular formula is C18H23N3O3. The van der Waals surface area contributed by atoms with Crippen molar-refractivity contribution in [3.63, 3.8) is 0 Å². The van der Waals surface area contributed by atoms with Crippen molar-refractivity contribution in [2.45, 2.75) is 24.9 Å². The predicted octanol–water partition coefficient (Wildman–Crippen LogP) is 1.49. The number of rotatable bonds is 2. The molecule has 0 N–H and O–H groups in total. The summed E-state index contributed by atoms with van der Waals surface area (Å²) in [4.78, 5) is 30.2. The Labute approximate surface area is 142 Å². The molecule has 1 atom stereocenters. The van der Waals surface area contributed by atoms with Gasteiger partial charge in [-0.3, -0.25) is 9.69 Å². The van der Waals surface area contributed by atoms with E-state index in [1.165, 1.54) is 5.56 Å². The molecule has 1 unspecified atom stereocenters. The highest BCUT2D eigenvalue weighted by atomic mass is 16.6. The minimum atomic E-state index is -0.437. The van der Waals surface area contributed by atoms with Gasteiger partial charge in [0, 0.05) is 25.8 Å². The number of hydrogen-bond acceptors (Lipinski definition) is 4. The summed E-state index contributed by atoms with van der Waals surface area (Å²) in [5, 5.41) is 0. The van der Waals surface area contributed by atoms with E-state index < -0.39 is 5.60 Å². The fourth-order valence-corrected chi connectivity index (χ4v) is 4.20. The third kappa shape index (κ3) is 2.65. The van der Waals surface area contributed by atoms with Crippen LogP contribution in [0.5, 0.6) is 0 Å². The van der Waals surface area contributed by atoms with Crippen LogP contribution in [0.2, 0.25) is 0 Å². The highest BCUT2D eigenvalue weighted by molar-refractivity contribution is 5.96. The Bertz CT molecular complexity index is 677. The topological polar surface area (TPSA) is 53.1 Å². The number of hydrogen-bond donors (Lipinski definition) is 0. The number of likely N-dealkylation sites (tertiary alicyclic amines) is 1. The van der Waals surface area contributed by atoms with Crippen LogP contribution in [0.25, 0.3) is 0 Å². The maximum atomic E-state index is 12.8. The number of likely N-dealkylation sites (N-methyl/N-ethyl adjacent to an activating group) is 1. The van der Waals surface area contributed by atoms with Crippen LogP contribution in [0.3, 0.4) is 0 Å². The molecule has 1 aromatic carbocycles. The fraction of sp³-hybridized carbons (Fsp3) is 0.556. The first-order chi connectivity index (χ1) is 11.6. The molecule has 3 heterocycles. The van der Waals surface area contributed by atoms with Crippen molar-refractivity contribution in [1.29, 1.82) is 0 Å². The number of nitrogens with zero attached hydrogens (tertiary/aromatic N) is 3. The number of carbonyl (C=O) groups is 2. The lowest BCUT2D eigenvalue weighted by Crippen LogP contribution is -2.53. The van der Waals surface area contributed by atoms with Gasteiger partial charge in [0.1, 0.15) is 5.60 Å². The molecule has 2 amide bonds. The van der Waals surface area contributed by atoms with Crippen molar-refractivity contribution in [3.8, 4) is 0 Å². The van der Waals surface area contributed by atoms with Gasteiger partial charge in [-0.25, -0.2) is 4.79 Å². The van der Waals surface area contributed by atoms with Gasteiger partial charge in [0.15, 0.2) is 0 Å². The number of para-hydroxylation sites is 1. The van der Waals surface area contributed by atoms with Crippen LogP contribution < -0.4 is 4.90 Å². The summed E-state index contributed by atoms with van der Waals surface area (Å²) < 4.78 is 5.62. The van der Waals surface area contributed by atoms with Crippen molar-refractivity contribution in [3.05, 3.63) is 29.8 Å². The van der Waals surface area contributed by atoms with E-state index in [0.29, 0.717) is 19.6 Å². The molecule has 6 heteroatoms. The van der Waals surface area contributed by atoms with Crippen LogP contribution in [0.4, 0.5) is 10.5 Å². The van der Waals surface area contributed by atoms with Crippen LogP contribution in [-0.4, -0.2) is 67.2 Å². The average Bonchev–Trinajstić information content (AvgIpc) is 3.09. The molecular weight excluding hydrogens is 306 g/mol. The van der Waals surface area contributed by atoms with Gasteiger partial charge in [-0.05, 0) is 37.4 Å². The van der Waals surface area contributed by atoms with Gasteiger partial charge in [-0.15, -0.1) is 0 Å². The Balaban J connectivity index is 1.42. The second-order valence-electron chi connectivity index (χ2n) is 7.15. The molecule has 24 heavy (non-hydrogen) atoms. The number of amides is 2. The molecule has 3 aliphatic rings. The van der Waals surface area contributed by atoms with Crippen LogP contribution >= 0.6 is 0 Å². The van der Waals surface area contributed by atoms with Gasteiger partial charge < -0.3 is 14.5 Å². The molecule has 3 aliphatic heterocycles. The molecule has 6 nitrogen and oxygen atoms in total. The summed E-state index contributed by atoms with van der Waals surface area (Å²) in [6.07, 6.45) is 2.50. The van der Waals surface area contributed by atoms with Crippen molar-refractivity contribution in [1.82, 2.24) is 9.80 Å². The van der Waals surface area contributed by atoms with E-state index in [9.17, 15) is 9.59 Å². The second-order valence-corrected chi connectivity index (χ2v) is 7.15. The lowest BCUT2D eigenvalue weighted by atomic mass is 9.93. The summed E-state index contributed by atoms with van der Waals surface area (Å²) >= 11 is 0. The molecule has 0 aromatic heterocycles. The van der Waals surface area contributed by atoms with Crippen LogP contribution in [0, 0.1) is 0 Å². The molecule has 0 bridgehead atoms. The highest BCUT2D eigenvalue weighted by Crippen LogP contribution is 2.32. The first-order valence-corrected chi connectivity index (χ1v) is 8.61. The number of fused-ring (bicyclic) bond motifs is 1. The normalized spacial score (nSPS) is 26.8. The third-order valence-corrected chi connectivity index (χ3v) is 5.31. The lowest BCUT2D eigenvalue weighted by molar-refractivity contribution is -0.121. The monoisotopic (exact) mass is 329 g/mol. The van der Waals surface area contributed by atoms with E-state index in [1.807, 2.05) is 23.1 Å². The van der Waals surface area contributed by atoms with Gasteiger partial charge in [0.05, 0.1) is 13.1 Å². The average molecular weight is 329 g/mol. The summed E-state index contributed by atoms with van der Waals surface area (Å²) in [6.45, 7) is 3.28. The molecule has 2 fully saturated rings. The summed E-state index contributed by atoms with van der Waals surface area (Å²) in [5.41, 5.74) is 1.85. The summed E-state index contributed by atoms with van der Waals surface area (Å²) in [7, 11) is 1.77. The van der Waals surface area contributed by atoms with Crippen molar-refractivity contribution >= 4 is 17.7 Å². The van der Waals surface area contributed by atoms with Gasteiger partial charge in [0.2, 0.25) is 5.91 Å². The van der Waals surface area contributed by atoms with Crippen molar-refractivity contribution in [2.24, 2.45) is 0 Å². The standard InChI is InChI=1S/C18H23N3O3/c1-19-12-18(24-17(19)23)8-4-9-20(13-18)11-16(22)21-10-7-14-5-2-3-6-15(14)21/h2-3,5-6H,4,7-13H2,1H3. The number of benzene rings is 1. The molecule has 0 aliphatic carbocycles. The van der Waals surface area contributed by atoms with E-state index >= 15 is 0 Å². The van der Waals surface area contributed by atoms with Crippen LogP contribution in [0.15, 0.2) is 24.3 Å². The van der Waals surface area contributed by atoms with Crippen LogP contribution in [0.1, 0.15) is 18.4 Å². The van der Waals surface area contributed by atoms with E-state index in [0.717, 1.165) is 38.0 Å². The van der Waals surface area contributed by atoms with Gasteiger partial charge in [-0.1, -0.05) is 18.2 Å². The number of anilines is 1. The largest absolute Gasteiger partial charge is 0.440 e. The Hall–Kier alpha value is -2.08. The van der Waals surface area contributed by atoms with E-state index in [4.69, 9.17) is 4.74 Å². The molecule has 1 aromatic rings.